The number of hydrogen-bond donors (Lipinski definition) is 1. The number of carbonyl (C=O) groups excluding carboxylic acids is 1. The molecule has 0 radical (unpaired) electrons. The average Bonchev–Trinajstić information content (AvgIpc) is 2.03. The topological polar surface area (TPSA) is 41.6 Å². The fourth-order valence-electron chi connectivity index (χ4n) is 0.306. The fraction of sp³-hybridized carbons (Fsp3) is 0.667. The van der Waals surface area contributed by atoms with Crippen molar-refractivity contribution in [3.63, 3.8) is 0 Å². The maximum absolute atomic E-state index is 10.6. The van der Waals surface area contributed by atoms with Gasteiger partial charge in [-0.15, -0.1) is 0 Å². The van der Waals surface area contributed by atoms with E-state index < -0.39 is 0 Å². The van der Waals surface area contributed by atoms with Crippen LogP contribution < -0.4 is 4.84 Å². The van der Waals surface area contributed by atoms with Crippen LogP contribution in [0, 0.1) is 0 Å². The summed E-state index contributed by atoms with van der Waals surface area (Å²) >= 11 is 5.10. The Morgan fingerprint density at radius 1 is 1.50 bits per heavy atom. The molecule has 0 aromatic carbocycles. The zero-order chi connectivity index (χ0) is 11.6. The Kier molecular flexibility index (Phi) is 11.9. The van der Waals surface area contributed by atoms with Gasteiger partial charge in [0.1, 0.15) is 6.61 Å². The first-order chi connectivity index (χ1) is 6.41. The monoisotopic (exact) mass is 222 g/mol. The van der Waals surface area contributed by atoms with Crippen LogP contribution in [0.25, 0.3) is 0 Å². The van der Waals surface area contributed by atoms with Crippen LogP contribution in [0.5, 0.6) is 0 Å². The number of rotatable bonds is 4. The van der Waals surface area contributed by atoms with E-state index >= 15 is 0 Å². The second kappa shape index (κ2) is 10.5. The predicted octanol–water partition coefficient (Wildman–Crippen LogP) is 1.03. The molecule has 0 amide bonds. The minimum atomic E-state index is -0.382. The molecule has 0 heterocycles. The summed E-state index contributed by atoms with van der Waals surface area (Å²) in [5, 5.41) is 0. The lowest BCUT2D eigenvalue weighted by molar-refractivity contribution is -0.138. The SMILES string of the molecule is C=C(C)C(=O)OCCNCl.CN(C)C. The molecule has 0 aliphatic heterocycles. The van der Waals surface area contributed by atoms with Crippen molar-refractivity contribution in [2.45, 2.75) is 6.92 Å². The molecule has 0 saturated carbocycles. The van der Waals surface area contributed by atoms with Crippen molar-refractivity contribution in [2.24, 2.45) is 0 Å². The van der Waals surface area contributed by atoms with Gasteiger partial charge in [-0.05, 0) is 39.8 Å². The molecule has 0 bridgehead atoms. The third-order valence-electron chi connectivity index (χ3n) is 0.778. The highest BCUT2D eigenvalue weighted by atomic mass is 35.5. The molecule has 5 heteroatoms. The van der Waals surface area contributed by atoms with E-state index in [2.05, 4.69) is 16.2 Å². The maximum Gasteiger partial charge on any atom is 0.333 e. The second-order valence-corrected chi connectivity index (χ2v) is 3.41. The Balaban J connectivity index is 0. The van der Waals surface area contributed by atoms with Crippen molar-refractivity contribution >= 4 is 17.7 Å². The van der Waals surface area contributed by atoms with Gasteiger partial charge >= 0.3 is 5.97 Å². The van der Waals surface area contributed by atoms with Gasteiger partial charge in [-0.25, -0.2) is 9.63 Å². The molecule has 0 unspecified atom stereocenters. The number of ether oxygens (including phenoxy) is 1. The van der Waals surface area contributed by atoms with E-state index in [1.54, 1.807) is 6.92 Å². The molecule has 1 N–H and O–H groups in total. The van der Waals surface area contributed by atoms with Crippen molar-refractivity contribution in [3.05, 3.63) is 12.2 Å². The van der Waals surface area contributed by atoms with E-state index in [1.165, 1.54) is 0 Å². The number of nitrogens with one attached hydrogen (secondary N) is 1. The molecule has 0 fully saturated rings. The third-order valence-corrected chi connectivity index (χ3v) is 0.967. The summed E-state index contributed by atoms with van der Waals surface area (Å²) in [7, 11) is 6.00. The molecule has 14 heavy (non-hydrogen) atoms. The van der Waals surface area contributed by atoms with Gasteiger partial charge in [-0.2, -0.15) is 0 Å². The first kappa shape index (κ1) is 15.9. The molecule has 0 atom stereocenters. The minimum Gasteiger partial charge on any atom is -0.461 e. The third kappa shape index (κ3) is 17.5. The Labute approximate surface area is 91.0 Å². The summed E-state index contributed by atoms with van der Waals surface area (Å²) in [6, 6.07) is 0. The summed E-state index contributed by atoms with van der Waals surface area (Å²) in [6.07, 6.45) is 0. The average molecular weight is 223 g/mol. The molecular formula is C9H19ClN2O2. The van der Waals surface area contributed by atoms with Gasteiger partial charge in [0.2, 0.25) is 0 Å². The molecule has 0 aliphatic rings. The smallest absolute Gasteiger partial charge is 0.333 e. The lowest BCUT2D eigenvalue weighted by Gasteiger charge is -2.01. The Morgan fingerprint density at radius 3 is 2.21 bits per heavy atom. The lowest BCUT2D eigenvalue weighted by atomic mass is 10.4. The normalized spacial score (nSPS) is 9.00. The Bertz CT molecular complexity index is 169. The van der Waals surface area contributed by atoms with Gasteiger partial charge in [-0.3, -0.25) is 0 Å². The van der Waals surface area contributed by atoms with Crippen molar-refractivity contribution < 1.29 is 9.53 Å². The van der Waals surface area contributed by atoms with Gasteiger partial charge in [0.05, 0.1) is 0 Å². The number of carbonyl (C=O) groups is 1. The second-order valence-electron chi connectivity index (χ2n) is 3.14. The highest BCUT2D eigenvalue weighted by Crippen LogP contribution is 1.90. The summed E-state index contributed by atoms with van der Waals surface area (Å²) < 4.78 is 4.66. The summed E-state index contributed by atoms with van der Waals surface area (Å²) in [5.74, 6) is -0.382. The molecule has 0 aromatic rings. The van der Waals surface area contributed by atoms with E-state index in [4.69, 9.17) is 11.8 Å². The van der Waals surface area contributed by atoms with Crippen LogP contribution in [0.1, 0.15) is 6.92 Å². The summed E-state index contributed by atoms with van der Waals surface area (Å²) in [4.78, 5) is 15.0. The van der Waals surface area contributed by atoms with Crippen LogP contribution in [0.3, 0.4) is 0 Å². The molecule has 0 rings (SSSR count). The van der Waals surface area contributed by atoms with Gasteiger partial charge in [0.15, 0.2) is 0 Å². The Hall–Kier alpha value is -0.580. The molecule has 0 aliphatic carbocycles. The first-order valence-electron chi connectivity index (χ1n) is 4.18. The van der Waals surface area contributed by atoms with Crippen LogP contribution in [-0.4, -0.2) is 45.2 Å². The van der Waals surface area contributed by atoms with E-state index in [0.29, 0.717) is 12.1 Å². The zero-order valence-corrected chi connectivity index (χ0v) is 10.0. The Morgan fingerprint density at radius 2 is 1.93 bits per heavy atom. The van der Waals surface area contributed by atoms with E-state index in [9.17, 15) is 4.79 Å². The van der Waals surface area contributed by atoms with Crippen LogP contribution in [0.4, 0.5) is 0 Å². The first-order valence-corrected chi connectivity index (χ1v) is 4.56. The fourth-order valence-corrected chi connectivity index (χ4v) is 0.383. The molecular weight excluding hydrogens is 204 g/mol. The molecule has 0 spiro atoms. The van der Waals surface area contributed by atoms with Gasteiger partial charge in [0, 0.05) is 12.1 Å². The summed E-state index contributed by atoms with van der Waals surface area (Å²) in [5.41, 5.74) is 0.398. The molecule has 0 aromatic heterocycles. The maximum atomic E-state index is 10.6. The van der Waals surface area contributed by atoms with E-state index in [1.807, 2.05) is 26.0 Å². The molecule has 84 valence electrons. The van der Waals surface area contributed by atoms with Crippen molar-refractivity contribution in [2.75, 3.05) is 34.3 Å². The number of esters is 1. The molecule has 4 nitrogen and oxygen atoms in total. The highest BCUT2D eigenvalue weighted by Gasteiger charge is 2.00. The van der Waals surface area contributed by atoms with Gasteiger partial charge < -0.3 is 9.64 Å². The quantitative estimate of drug-likeness (QED) is 0.334. The van der Waals surface area contributed by atoms with Crippen LogP contribution in [0.2, 0.25) is 0 Å². The largest absolute Gasteiger partial charge is 0.461 e. The number of nitrogens with zero attached hydrogens (tertiary/aromatic N) is 1. The van der Waals surface area contributed by atoms with Crippen LogP contribution in [-0.2, 0) is 9.53 Å². The number of hydrogen-bond acceptors (Lipinski definition) is 4. The van der Waals surface area contributed by atoms with E-state index in [-0.39, 0.29) is 12.6 Å². The highest BCUT2D eigenvalue weighted by molar-refractivity contribution is 6.13. The lowest BCUT2D eigenvalue weighted by Crippen LogP contribution is -2.14. The zero-order valence-electron chi connectivity index (χ0n) is 9.26. The van der Waals surface area contributed by atoms with Crippen molar-refractivity contribution in [1.29, 1.82) is 0 Å². The minimum absolute atomic E-state index is 0.273. The van der Waals surface area contributed by atoms with Gasteiger partial charge in [-0.1, -0.05) is 6.58 Å². The van der Waals surface area contributed by atoms with E-state index in [0.717, 1.165) is 0 Å². The predicted molar refractivity (Wildman–Crippen MR) is 59.2 cm³/mol. The van der Waals surface area contributed by atoms with Crippen molar-refractivity contribution in [1.82, 2.24) is 9.74 Å². The standard InChI is InChI=1S/C6H10ClNO2.C3H9N/c1-5(2)6(9)10-4-3-8-7;1-4(2)3/h8H,1,3-4H2,2H3;1-3H3. The number of halogens is 1. The summed E-state index contributed by atoms with van der Waals surface area (Å²) in [6.45, 7) is 5.72. The van der Waals surface area contributed by atoms with Crippen LogP contribution in [0.15, 0.2) is 12.2 Å². The van der Waals surface area contributed by atoms with Crippen molar-refractivity contribution in [3.8, 4) is 0 Å². The van der Waals surface area contributed by atoms with Gasteiger partial charge in [0.25, 0.3) is 0 Å². The van der Waals surface area contributed by atoms with Crippen LogP contribution >= 0.6 is 11.8 Å². The molecule has 0 saturated heterocycles.